The van der Waals surface area contributed by atoms with Crippen molar-refractivity contribution < 1.29 is 23.5 Å². The SMILES string of the molecule is O=C(N[C@H](C(=O)O)c1ccc(F)c(F)c1)C1CCCC1. The van der Waals surface area contributed by atoms with E-state index in [1.807, 2.05) is 0 Å². The molecule has 20 heavy (non-hydrogen) atoms. The number of carboxylic acids is 1. The summed E-state index contributed by atoms with van der Waals surface area (Å²) >= 11 is 0. The Kier molecular flexibility index (Phi) is 4.32. The highest BCUT2D eigenvalue weighted by Crippen LogP contribution is 2.26. The number of carbonyl (C=O) groups excluding carboxylic acids is 1. The Bertz CT molecular complexity index is 527. The maximum Gasteiger partial charge on any atom is 0.330 e. The molecule has 1 aliphatic carbocycles. The third-order valence-corrected chi connectivity index (χ3v) is 3.54. The van der Waals surface area contributed by atoms with E-state index in [0.717, 1.165) is 43.9 Å². The maximum atomic E-state index is 13.2. The highest BCUT2D eigenvalue weighted by atomic mass is 19.2. The van der Waals surface area contributed by atoms with Crippen molar-refractivity contribution in [2.75, 3.05) is 0 Å². The Labute approximate surface area is 114 Å². The normalized spacial score (nSPS) is 16.9. The fourth-order valence-electron chi connectivity index (χ4n) is 2.43. The van der Waals surface area contributed by atoms with Crippen LogP contribution >= 0.6 is 0 Å². The summed E-state index contributed by atoms with van der Waals surface area (Å²) in [6.07, 6.45) is 3.36. The van der Waals surface area contributed by atoms with Gasteiger partial charge in [-0.2, -0.15) is 0 Å². The molecule has 0 saturated heterocycles. The van der Waals surface area contributed by atoms with E-state index in [4.69, 9.17) is 5.11 Å². The van der Waals surface area contributed by atoms with E-state index in [2.05, 4.69) is 5.32 Å². The van der Waals surface area contributed by atoms with E-state index < -0.39 is 23.6 Å². The highest BCUT2D eigenvalue weighted by Gasteiger charge is 2.28. The summed E-state index contributed by atoms with van der Waals surface area (Å²) in [5, 5.41) is 11.5. The van der Waals surface area contributed by atoms with Gasteiger partial charge in [-0.25, -0.2) is 13.6 Å². The molecule has 0 aromatic heterocycles. The summed E-state index contributed by atoms with van der Waals surface area (Å²) in [5.41, 5.74) is 0.0164. The van der Waals surface area contributed by atoms with Gasteiger partial charge in [0.1, 0.15) is 0 Å². The second kappa shape index (κ2) is 5.98. The van der Waals surface area contributed by atoms with Crippen molar-refractivity contribution in [3.8, 4) is 0 Å². The van der Waals surface area contributed by atoms with Gasteiger partial charge < -0.3 is 10.4 Å². The Morgan fingerprint density at radius 1 is 1.20 bits per heavy atom. The van der Waals surface area contributed by atoms with Crippen molar-refractivity contribution in [3.63, 3.8) is 0 Å². The Hall–Kier alpha value is -1.98. The average Bonchev–Trinajstić information content (AvgIpc) is 2.93. The molecule has 4 nitrogen and oxygen atoms in total. The fraction of sp³-hybridized carbons (Fsp3) is 0.429. The summed E-state index contributed by atoms with van der Waals surface area (Å²) < 4.78 is 26.0. The van der Waals surface area contributed by atoms with Crippen LogP contribution in [0.3, 0.4) is 0 Å². The van der Waals surface area contributed by atoms with E-state index in [9.17, 15) is 18.4 Å². The van der Waals surface area contributed by atoms with Crippen LogP contribution in [0.1, 0.15) is 37.3 Å². The second-order valence-electron chi connectivity index (χ2n) is 4.93. The number of hydrogen-bond acceptors (Lipinski definition) is 2. The lowest BCUT2D eigenvalue weighted by Crippen LogP contribution is -2.37. The molecule has 2 rings (SSSR count). The van der Waals surface area contributed by atoms with E-state index in [-0.39, 0.29) is 17.4 Å². The second-order valence-corrected chi connectivity index (χ2v) is 4.93. The van der Waals surface area contributed by atoms with E-state index in [1.54, 1.807) is 0 Å². The summed E-state index contributed by atoms with van der Waals surface area (Å²) in [5.74, 6) is -4.03. The zero-order chi connectivity index (χ0) is 14.7. The molecule has 0 heterocycles. The van der Waals surface area contributed by atoms with Gasteiger partial charge in [0, 0.05) is 5.92 Å². The lowest BCUT2D eigenvalue weighted by Gasteiger charge is -2.17. The molecule has 0 radical (unpaired) electrons. The van der Waals surface area contributed by atoms with Gasteiger partial charge in [0.15, 0.2) is 17.7 Å². The van der Waals surface area contributed by atoms with E-state index >= 15 is 0 Å². The molecule has 1 aromatic rings. The lowest BCUT2D eigenvalue weighted by molar-refractivity contribution is -0.142. The van der Waals surface area contributed by atoms with Crippen molar-refractivity contribution in [2.24, 2.45) is 5.92 Å². The molecule has 6 heteroatoms. The number of benzene rings is 1. The molecule has 1 amide bonds. The van der Waals surface area contributed by atoms with Crippen LogP contribution in [-0.2, 0) is 9.59 Å². The summed E-state index contributed by atoms with van der Waals surface area (Å²) in [6.45, 7) is 0. The summed E-state index contributed by atoms with van der Waals surface area (Å²) in [6, 6.07) is 1.44. The minimum Gasteiger partial charge on any atom is -0.479 e. The molecular formula is C14H15F2NO3. The predicted octanol–water partition coefficient (Wildman–Crippen LogP) is 2.40. The minimum absolute atomic E-state index is 0.0164. The van der Waals surface area contributed by atoms with Crippen LogP contribution in [0.2, 0.25) is 0 Å². The zero-order valence-corrected chi connectivity index (χ0v) is 10.7. The molecule has 0 unspecified atom stereocenters. The molecule has 0 bridgehead atoms. The van der Waals surface area contributed by atoms with Gasteiger partial charge in [-0.3, -0.25) is 4.79 Å². The monoisotopic (exact) mass is 283 g/mol. The molecule has 2 N–H and O–H groups in total. The zero-order valence-electron chi connectivity index (χ0n) is 10.7. The van der Waals surface area contributed by atoms with Crippen molar-refractivity contribution in [3.05, 3.63) is 35.4 Å². The first kappa shape index (κ1) is 14.4. The number of halogens is 2. The minimum atomic E-state index is -1.36. The number of hydrogen-bond donors (Lipinski definition) is 2. The van der Waals surface area contributed by atoms with Crippen LogP contribution in [0.15, 0.2) is 18.2 Å². The van der Waals surface area contributed by atoms with Crippen molar-refractivity contribution in [1.29, 1.82) is 0 Å². The van der Waals surface area contributed by atoms with Gasteiger partial charge >= 0.3 is 5.97 Å². The molecule has 108 valence electrons. The van der Waals surface area contributed by atoms with Gasteiger partial charge in [0.2, 0.25) is 5.91 Å². The van der Waals surface area contributed by atoms with Gasteiger partial charge in [-0.1, -0.05) is 18.9 Å². The maximum absolute atomic E-state index is 13.2. The summed E-state index contributed by atoms with van der Waals surface area (Å²) in [4.78, 5) is 23.2. The van der Waals surface area contributed by atoms with Gasteiger partial charge in [0.25, 0.3) is 0 Å². The summed E-state index contributed by atoms with van der Waals surface area (Å²) in [7, 11) is 0. The highest BCUT2D eigenvalue weighted by molar-refractivity contribution is 5.86. The molecule has 1 atom stereocenters. The Morgan fingerprint density at radius 2 is 1.85 bits per heavy atom. The Morgan fingerprint density at radius 3 is 2.40 bits per heavy atom. The van der Waals surface area contributed by atoms with Gasteiger partial charge in [0.05, 0.1) is 0 Å². The van der Waals surface area contributed by atoms with Crippen molar-refractivity contribution in [1.82, 2.24) is 5.32 Å². The van der Waals surface area contributed by atoms with E-state index in [0.29, 0.717) is 0 Å². The number of rotatable bonds is 4. The average molecular weight is 283 g/mol. The van der Waals surface area contributed by atoms with Crippen LogP contribution in [0.4, 0.5) is 8.78 Å². The number of nitrogens with one attached hydrogen (secondary N) is 1. The molecular weight excluding hydrogens is 268 g/mol. The molecule has 1 aromatic carbocycles. The van der Waals surface area contributed by atoms with Crippen LogP contribution < -0.4 is 5.32 Å². The number of carbonyl (C=O) groups is 2. The first-order chi connectivity index (χ1) is 9.49. The van der Waals surface area contributed by atoms with Gasteiger partial charge in [-0.15, -0.1) is 0 Å². The van der Waals surface area contributed by atoms with Crippen molar-refractivity contribution in [2.45, 2.75) is 31.7 Å². The molecule has 0 aliphatic heterocycles. The van der Waals surface area contributed by atoms with E-state index in [1.165, 1.54) is 0 Å². The quantitative estimate of drug-likeness (QED) is 0.891. The number of carboxylic acid groups (broad SMARTS) is 1. The third-order valence-electron chi connectivity index (χ3n) is 3.54. The molecule has 1 saturated carbocycles. The first-order valence-electron chi connectivity index (χ1n) is 6.47. The first-order valence-corrected chi connectivity index (χ1v) is 6.47. The van der Waals surface area contributed by atoms with Crippen LogP contribution in [0.25, 0.3) is 0 Å². The Balaban J connectivity index is 2.16. The number of amides is 1. The lowest BCUT2D eigenvalue weighted by atomic mass is 10.0. The fourth-order valence-corrected chi connectivity index (χ4v) is 2.43. The standard InChI is InChI=1S/C14H15F2NO3/c15-10-6-5-9(7-11(10)16)12(14(19)20)17-13(18)8-3-1-2-4-8/h5-8,12H,1-4H2,(H,17,18)(H,19,20)/t12-/m0/s1. The largest absolute Gasteiger partial charge is 0.479 e. The third kappa shape index (κ3) is 3.12. The van der Waals surface area contributed by atoms with Crippen molar-refractivity contribution >= 4 is 11.9 Å². The molecule has 0 spiro atoms. The van der Waals surface area contributed by atoms with Gasteiger partial charge in [-0.05, 0) is 30.5 Å². The smallest absolute Gasteiger partial charge is 0.330 e. The molecule has 1 aliphatic rings. The van der Waals surface area contributed by atoms with Crippen LogP contribution in [0, 0.1) is 17.6 Å². The topological polar surface area (TPSA) is 66.4 Å². The number of aliphatic carboxylic acids is 1. The predicted molar refractivity (Wildman–Crippen MR) is 66.8 cm³/mol. The molecule has 1 fully saturated rings. The van der Waals surface area contributed by atoms with Crippen LogP contribution in [0.5, 0.6) is 0 Å². The van der Waals surface area contributed by atoms with Crippen LogP contribution in [-0.4, -0.2) is 17.0 Å².